The van der Waals surface area contributed by atoms with Crippen molar-refractivity contribution in [3.63, 3.8) is 0 Å². The number of carbonyl (C=O) groups excluding carboxylic acids is 2. The van der Waals surface area contributed by atoms with Crippen LogP contribution in [-0.4, -0.2) is 26.2 Å². The summed E-state index contributed by atoms with van der Waals surface area (Å²) < 4.78 is 9.68. The Labute approximate surface area is 140 Å². The second kappa shape index (κ2) is 6.74. The Morgan fingerprint density at radius 2 is 1.67 bits per heavy atom. The molecule has 3 rings (SSSR count). The largest absolute Gasteiger partial charge is 0.465 e. The lowest BCUT2D eigenvalue weighted by Gasteiger charge is -2.23. The van der Waals surface area contributed by atoms with E-state index in [1.807, 2.05) is 12.1 Å². The van der Waals surface area contributed by atoms with Gasteiger partial charge in [0.05, 0.1) is 19.8 Å². The van der Waals surface area contributed by atoms with Gasteiger partial charge in [-0.25, -0.2) is 9.59 Å². The standard InChI is InChI=1S/C19H19NO4/c1-23-18(21)16-5-3-4-12-20(17(16)19(22)24-2)15-10-8-14(9-11-15)13-6-7-13/h3-5,8-13H,6-7H2,1-2H3. The molecule has 1 aromatic carbocycles. The number of anilines is 1. The van der Waals surface area contributed by atoms with Gasteiger partial charge in [-0.15, -0.1) is 0 Å². The van der Waals surface area contributed by atoms with Crippen molar-refractivity contribution in [3.8, 4) is 0 Å². The van der Waals surface area contributed by atoms with Crippen molar-refractivity contribution in [2.45, 2.75) is 18.8 Å². The van der Waals surface area contributed by atoms with Crippen LogP contribution in [0, 0.1) is 0 Å². The van der Waals surface area contributed by atoms with Gasteiger partial charge in [0.1, 0.15) is 5.70 Å². The molecule has 0 aromatic heterocycles. The summed E-state index contributed by atoms with van der Waals surface area (Å²) >= 11 is 0. The summed E-state index contributed by atoms with van der Waals surface area (Å²) in [5.74, 6) is -0.533. The summed E-state index contributed by atoms with van der Waals surface area (Å²) in [6, 6.07) is 8.01. The summed E-state index contributed by atoms with van der Waals surface area (Å²) in [5.41, 5.74) is 2.36. The molecule has 0 unspecified atom stereocenters. The molecule has 0 radical (unpaired) electrons. The first-order valence-corrected chi connectivity index (χ1v) is 7.80. The molecule has 1 aromatic rings. The van der Waals surface area contributed by atoms with Crippen LogP contribution >= 0.6 is 0 Å². The van der Waals surface area contributed by atoms with E-state index >= 15 is 0 Å². The molecular weight excluding hydrogens is 306 g/mol. The average molecular weight is 325 g/mol. The third kappa shape index (κ3) is 3.11. The van der Waals surface area contributed by atoms with Crippen molar-refractivity contribution in [2.75, 3.05) is 19.1 Å². The van der Waals surface area contributed by atoms with Gasteiger partial charge >= 0.3 is 11.9 Å². The van der Waals surface area contributed by atoms with Crippen LogP contribution in [0.15, 0.2) is 60.0 Å². The maximum absolute atomic E-state index is 12.3. The monoisotopic (exact) mass is 325 g/mol. The Morgan fingerprint density at radius 3 is 2.25 bits per heavy atom. The van der Waals surface area contributed by atoms with Gasteiger partial charge < -0.3 is 14.4 Å². The molecule has 2 aliphatic rings. The van der Waals surface area contributed by atoms with Crippen molar-refractivity contribution in [1.29, 1.82) is 0 Å². The predicted octanol–water partition coefficient (Wildman–Crippen LogP) is 3.05. The zero-order valence-electron chi connectivity index (χ0n) is 13.7. The highest BCUT2D eigenvalue weighted by molar-refractivity contribution is 6.05. The molecule has 1 aliphatic carbocycles. The number of allylic oxidation sites excluding steroid dienone is 2. The second-order valence-electron chi connectivity index (χ2n) is 5.68. The molecule has 24 heavy (non-hydrogen) atoms. The molecule has 0 N–H and O–H groups in total. The summed E-state index contributed by atoms with van der Waals surface area (Å²) in [6.07, 6.45) is 9.18. The first kappa shape index (κ1) is 16.1. The van der Waals surface area contributed by atoms with E-state index in [1.165, 1.54) is 32.6 Å². The van der Waals surface area contributed by atoms with Gasteiger partial charge in [0.2, 0.25) is 0 Å². The van der Waals surface area contributed by atoms with E-state index in [0.717, 1.165) is 5.69 Å². The Kier molecular flexibility index (Phi) is 4.51. The van der Waals surface area contributed by atoms with E-state index in [0.29, 0.717) is 5.92 Å². The van der Waals surface area contributed by atoms with Crippen LogP contribution in [-0.2, 0) is 19.1 Å². The number of carbonyl (C=O) groups is 2. The normalized spacial score (nSPS) is 16.8. The van der Waals surface area contributed by atoms with E-state index in [9.17, 15) is 9.59 Å². The molecule has 5 heteroatoms. The van der Waals surface area contributed by atoms with Crippen LogP contribution in [0.4, 0.5) is 5.69 Å². The third-order valence-electron chi connectivity index (χ3n) is 4.11. The number of ether oxygens (including phenoxy) is 2. The van der Waals surface area contributed by atoms with Gasteiger partial charge in [0, 0.05) is 11.9 Å². The van der Waals surface area contributed by atoms with E-state index in [4.69, 9.17) is 9.47 Å². The zero-order chi connectivity index (χ0) is 17.1. The summed E-state index contributed by atoms with van der Waals surface area (Å²) in [6.45, 7) is 0. The molecule has 0 saturated heterocycles. The zero-order valence-corrected chi connectivity index (χ0v) is 13.7. The SMILES string of the molecule is COC(=O)C1=C(C(=O)OC)N(c2ccc(C3CC3)cc2)C=CC=C1. The maximum atomic E-state index is 12.3. The smallest absolute Gasteiger partial charge is 0.355 e. The fourth-order valence-corrected chi connectivity index (χ4v) is 2.69. The quantitative estimate of drug-likeness (QED) is 0.796. The first-order chi connectivity index (χ1) is 11.7. The summed E-state index contributed by atoms with van der Waals surface area (Å²) in [5, 5.41) is 0. The molecule has 0 bridgehead atoms. The number of nitrogens with zero attached hydrogens (tertiary/aromatic N) is 1. The summed E-state index contributed by atoms with van der Waals surface area (Å²) in [4.78, 5) is 26.1. The van der Waals surface area contributed by atoms with Crippen molar-refractivity contribution < 1.29 is 19.1 Å². The fraction of sp³-hybridized carbons (Fsp3) is 0.263. The second-order valence-corrected chi connectivity index (χ2v) is 5.68. The predicted molar refractivity (Wildman–Crippen MR) is 90.2 cm³/mol. The molecule has 1 saturated carbocycles. The van der Waals surface area contributed by atoms with Crippen LogP contribution in [0.1, 0.15) is 24.3 Å². The number of hydrogen-bond acceptors (Lipinski definition) is 5. The number of hydrogen-bond donors (Lipinski definition) is 0. The van der Waals surface area contributed by atoms with Gasteiger partial charge in [0.25, 0.3) is 0 Å². The number of rotatable bonds is 4. The highest BCUT2D eigenvalue weighted by Gasteiger charge is 2.28. The average Bonchev–Trinajstić information content (AvgIpc) is 3.46. The highest BCUT2D eigenvalue weighted by atomic mass is 16.5. The molecule has 0 atom stereocenters. The Morgan fingerprint density at radius 1 is 1.00 bits per heavy atom. The van der Waals surface area contributed by atoms with Gasteiger partial charge in [0.15, 0.2) is 0 Å². The Bertz CT molecular complexity index is 739. The van der Waals surface area contributed by atoms with Crippen LogP contribution in [0.5, 0.6) is 0 Å². The lowest BCUT2D eigenvalue weighted by atomic mass is 10.1. The maximum Gasteiger partial charge on any atom is 0.355 e. The lowest BCUT2D eigenvalue weighted by Crippen LogP contribution is -2.26. The molecule has 1 heterocycles. The molecule has 124 valence electrons. The van der Waals surface area contributed by atoms with Crippen LogP contribution in [0.25, 0.3) is 0 Å². The van der Waals surface area contributed by atoms with Gasteiger partial charge in [-0.3, -0.25) is 0 Å². The van der Waals surface area contributed by atoms with Gasteiger partial charge in [-0.2, -0.15) is 0 Å². The van der Waals surface area contributed by atoms with Crippen molar-refractivity contribution >= 4 is 17.6 Å². The molecule has 1 aliphatic heterocycles. The molecule has 0 spiro atoms. The number of benzene rings is 1. The van der Waals surface area contributed by atoms with Crippen LogP contribution in [0.2, 0.25) is 0 Å². The third-order valence-corrected chi connectivity index (χ3v) is 4.11. The molecule has 0 amide bonds. The van der Waals surface area contributed by atoms with Crippen LogP contribution < -0.4 is 4.90 Å². The molecule has 5 nitrogen and oxygen atoms in total. The Hall–Kier alpha value is -2.82. The summed E-state index contributed by atoms with van der Waals surface area (Å²) in [7, 11) is 2.57. The van der Waals surface area contributed by atoms with Gasteiger partial charge in [-0.05, 0) is 48.6 Å². The van der Waals surface area contributed by atoms with Crippen molar-refractivity contribution in [3.05, 3.63) is 65.5 Å². The van der Waals surface area contributed by atoms with Crippen LogP contribution in [0.3, 0.4) is 0 Å². The highest BCUT2D eigenvalue weighted by Crippen LogP contribution is 2.40. The van der Waals surface area contributed by atoms with Crippen molar-refractivity contribution in [2.24, 2.45) is 0 Å². The topological polar surface area (TPSA) is 55.8 Å². The number of methoxy groups -OCH3 is 2. The Balaban J connectivity index is 2.05. The van der Waals surface area contributed by atoms with Crippen molar-refractivity contribution in [1.82, 2.24) is 0 Å². The fourth-order valence-electron chi connectivity index (χ4n) is 2.69. The van der Waals surface area contributed by atoms with Gasteiger partial charge in [-0.1, -0.05) is 18.2 Å². The minimum Gasteiger partial charge on any atom is -0.465 e. The van der Waals surface area contributed by atoms with E-state index in [2.05, 4.69) is 12.1 Å². The van der Waals surface area contributed by atoms with E-state index < -0.39 is 11.9 Å². The minimum absolute atomic E-state index is 0.133. The first-order valence-electron chi connectivity index (χ1n) is 7.80. The lowest BCUT2D eigenvalue weighted by molar-refractivity contribution is -0.139. The minimum atomic E-state index is -0.599. The molecular formula is C19H19NO4. The molecule has 1 fully saturated rings. The van der Waals surface area contributed by atoms with E-state index in [1.54, 1.807) is 29.3 Å². The number of esters is 2. The van der Waals surface area contributed by atoms with E-state index in [-0.39, 0.29) is 11.3 Å².